The molecule has 1 aromatic heterocycles. The first-order valence-corrected chi connectivity index (χ1v) is 7.94. The predicted octanol–water partition coefficient (Wildman–Crippen LogP) is 3.95. The number of nitrogens with one attached hydrogen (secondary N) is 2. The lowest BCUT2D eigenvalue weighted by Crippen LogP contribution is -2.12. The first-order valence-electron chi connectivity index (χ1n) is 7.94. The molecule has 0 radical (unpaired) electrons. The molecule has 25 heavy (non-hydrogen) atoms. The van der Waals surface area contributed by atoms with Crippen molar-refractivity contribution < 1.29 is 9.53 Å². The molecule has 3 rings (SSSR count). The summed E-state index contributed by atoms with van der Waals surface area (Å²) in [6.07, 6.45) is 1.70. The first-order chi connectivity index (χ1) is 12.2. The van der Waals surface area contributed by atoms with Crippen molar-refractivity contribution >= 4 is 17.4 Å². The van der Waals surface area contributed by atoms with Crippen molar-refractivity contribution in [3.63, 3.8) is 0 Å². The molecule has 126 valence electrons. The fourth-order valence-corrected chi connectivity index (χ4v) is 2.30. The van der Waals surface area contributed by atoms with Crippen LogP contribution in [-0.4, -0.2) is 18.0 Å². The minimum atomic E-state index is -0.174. The molecule has 0 atom stereocenters. The fraction of sp³-hybridized carbons (Fsp3) is 0.100. The molecule has 0 bridgehead atoms. The number of methoxy groups -OCH3 is 1. The largest absolute Gasteiger partial charge is 0.497 e. The van der Waals surface area contributed by atoms with Crippen LogP contribution in [0.5, 0.6) is 5.75 Å². The van der Waals surface area contributed by atoms with Crippen LogP contribution in [0, 0.1) is 0 Å². The summed E-state index contributed by atoms with van der Waals surface area (Å²) in [6.45, 7) is 0.682. The van der Waals surface area contributed by atoms with Crippen molar-refractivity contribution in [2.75, 3.05) is 17.7 Å². The van der Waals surface area contributed by atoms with Crippen LogP contribution in [0.1, 0.15) is 15.9 Å². The molecular weight excluding hydrogens is 314 g/mol. The highest BCUT2D eigenvalue weighted by Gasteiger charge is 2.05. The van der Waals surface area contributed by atoms with Gasteiger partial charge in [-0.3, -0.25) is 4.79 Å². The van der Waals surface area contributed by atoms with E-state index in [-0.39, 0.29) is 5.91 Å². The zero-order chi connectivity index (χ0) is 17.5. The average molecular weight is 333 g/mol. The van der Waals surface area contributed by atoms with Crippen LogP contribution in [0.25, 0.3) is 0 Å². The number of amides is 1. The van der Waals surface area contributed by atoms with E-state index < -0.39 is 0 Å². The van der Waals surface area contributed by atoms with Gasteiger partial charge in [0.15, 0.2) is 0 Å². The number of hydrogen-bond acceptors (Lipinski definition) is 4. The standard InChI is InChI=1S/C20H19N3O2/c1-25-18-10-7-15(8-11-18)13-21-17-9-12-19(22-14-17)23-20(24)16-5-3-2-4-6-16/h2-12,14,21H,13H2,1H3,(H,22,23,24). The Labute approximate surface area is 146 Å². The monoisotopic (exact) mass is 333 g/mol. The van der Waals surface area contributed by atoms with E-state index in [0.717, 1.165) is 17.0 Å². The van der Waals surface area contributed by atoms with Crippen molar-refractivity contribution in [2.45, 2.75) is 6.54 Å². The zero-order valence-corrected chi connectivity index (χ0v) is 13.9. The third-order valence-corrected chi connectivity index (χ3v) is 3.70. The highest BCUT2D eigenvalue weighted by atomic mass is 16.5. The van der Waals surface area contributed by atoms with E-state index in [1.807, 2.05) is 48.5 Å². The molecule has 0 aliphatic rings. The molecule has 5 nitrogen and oxygen atoms in total. The number of carbonyl (C=O) groups is 1. The van der Waals surface area contributed by atoms with Gasteiger partial charge < -0.3 is 15.4 Å². The summed E-state index contributed by atoms with van der Waals surface area (Å²) < 4.78 is 5.14. The normalized spacial score (nSPS) is 10.1. The third kappa shape index (κ3) is 4.57. The van der Waals surface area contributed by atoms with E-state index in [0.29, 0.717) is 17.9 Å². The highest BCUT2D eigenvalue weighted by Crippen LogP contribution is 2.15. The van der Waals surface area contributed by atoms with Crippen molar-refractivity contribution in [3.8, 4) is 5.75 Å². The fourth-order valence-electron chi connectivity index (χ4n) is 2.30. The van der Waals surface area contributed by atoms with Gasteiger partial charge in [-0.2, -0.15) is 0 Å². The minimum absolute atomic E-state index is 0.174. The second-order valence-electron chi connectivity index (χ2n) is 5.45. The molecule has 0 spiro atoms. The van der Waals surface area contributed by atoms with Gasteiger partial charge in [0.2, 0.25) is 0 Å². The van der Waals surface area contributed by atoms with Crippen LogP contribution < -0.4 is 15.4 Å². The number of hydrogen-bond donors (Lipinski definition) is 2. The van der Waals surface area contributed by atoms with Crippen molar-refractivity contribution in [1.29, 1.82) is 0 Å². The lowest BCUT2D eigenvalue weighted by molar-refractivity contribution is 0.102. The summed E-state index contributed by atoms with van der Waals surface area (Å²) in [4.78, 5) is 16.4. The number of carbonyl (C=O) groups excluding carboxylic acids is 1. The zero-order valence-electron chi connectivity index (χ0n) is 13.9. The Bertz CT molecular complexity index is 816. The summed E-state index contributed by atoms with van der Waals surface area (Å²) in [6, 6.07) is 20.6. The quantitative estimate of drug-likeness (QED) is 0.717. The molecule has 1 amide bonds. The Morgan fingerprint density at radius 2 is 1.76 bits per heavy atom. The molecule has 0 unspecified atom stereocenters. The SMILES string of the molecule is COc1ccc(CNc2ccc(NC(=O)c3ccccc3)nc2)cc1. The van der Waals surface area contributed by atoms with Gasteiger partial charge in [-0.05, 0) is 42.0 Å². The second kappa shape index (κ2) is 7.97. The summed E-state index contributed by atoms with van der Waals surface area (Å²) in [5.41, 5.74) is 2.63. The van der Waals surface area contributed by atoms with Gasteiger partial charge in [0, 0.05) is 12.1 Å². The van der Waals surface area contributed by atoms with E-state index in [4.69, 9.17) is 4.74 Å². The number of pyridine rings is 1. The second-order valence-corrected chi connectivity index (χ2v) is 5.45. The summed E-state index contributed by atoms with van der Waals surface area (Å²) >= 11 is 0. The number of ether oxygens (including phenoxy) is 1. The number of anilines is 2. The Morgan fingerprint density at radius 1 is 1.00 bits per heavy atom. The molecule has 3 aromatic rings. The molecule has 2 aromatic carbocycles. The molecule has 0 saturated heterocycles. The third-order valence-electron chi connectivity index (χ3n) is 3.70. The summed E-state index contributed by atoms with van der Waals surface area (Å²) in [7, 11) is 1.65. The first kappa shape index (κ1) is 16.5. The van der Waals surface area contributed by atoms with E-state index in [1.54, 1.807) is 31.5 Å². The van der Waals surface area contributed by atoms with Gasteiger partial charge in [-0.1, -0.05) is 30.3 Å². The molecule has 5 heteroatoms. The van der Waals surface area contributed by atoms with Crippen molar-refractivity contribution in [2.24, 2.45) is 0 Å². The molecule has 2 N–H and O–H groups in total. The summed E-state index contributed by atoms with van der Waals surface area (Å²) in [5.74, 6) is 1.18. The topological polar surface area (TPSA) is 63.2 Å². The van der Waals surface area contributed by atoms with Gasteiger partial charge >= 0.3 is 0 Å². The number of benzene rings is 2. The van der Waals surface area contributed by atoms with Crippen LogP contribution in [0.4, 0.5) is 11.5 Å². The molecule has 0 fully saturated rings. The molecule has 1 heterocycles. The van der Waals surface area contributed by atoms with E-state index in [1.165, 1.54) is 0 Å². The minimum Gasteiger partial charge on any atom is -0.497 e. The molecule has 0 saturated carbocycles. The van der Waals surface area contributed by atoms with Gasteiger partial charge in [-0.25, -0.2) is 4.98 Å². The lowest BCUT2D eigenvalue weighted by atomic mass is 10.2. The van der Waals surface area contributed by atoms with Gasteiger partial charge in [0.05, 0.1) is 19.0 Å². The summed E-state index contributed by atoms with van der Waals surface area (Å²) in [5, 5.41) is 6.07. The van der Waals surface area contributed by atoms with Gasteiger partial charge in [0.1, 0.15) is 11.6 Å². The Kier molecular flexibility index (Phi) is 5.26. The average Bonchev–Trinajstić information content (AvgIpc) is 2.68. The highest BCUT2D eigenvalue weighted by molar-refractivity contribution is 6.03. The van der Waals surface area contributed by atoms with Gasteiger partial charge in [-0.15, -0.1) is 0 Å². The Morgan fingerprint density at radius 3 is 2.40 bits per heavy atom. The lowest BCUT2D eigenvalue weighted by Gasteiger charge is -2.08. The van der Waals surface area contributed by atoms with E-state index in [9.17, 15) is 4.79 Å². The van der Waals surface area contributed by atoms with Crippen LogP contribution in [0.15, 0.2) is 72.9 Å². The van der Waals surface area contributed by atoms with Crippen LogP contribution >= 0.6 is 0 Å². The maximum Gasteiger partial charge on any atom is 0.256 e. The smallest absolute Gasteiger partial charge is 0.256 e. The number of aromatic nitrogens is 1. The van der Waals surface area contributed by atoms with Crippen LogP contribution in [-0.2, 0) is 6.54 Å². The van der Waals surface area contributed by atoms with Crippen LogP contribution in [0.3, 0.4) is 0 Å². The molecular formula is C20H19N3O2. The van der Waals surface area contributed by atoms with Crippen molar-refractivity contribution in [3.05, 3.63) is 84.1 Å². The Hall–Kier alpha value is -3.34. The maximum atomic E-state index is 12.1. The molecule has 0 aliphatic heterocycles. The van der Waals surface area contributed by atoms with E-state index in [2.05, 4.69) is 15.6 Å². The Balaban J connectivity index is 1.55. The number of rotatable bonds is 6. The number of nitrogens with zero attached hydrogens (tertiary/aromatic N) is 1. The maximum absolute atomic E-state index is 12.1. The molecule has 0 aliphatic carbocycles. The van der Waals surface area contributed by atoms with Crippen LogP contribution in [0.2, 0.25) is 0 Å². The predicted molar refractivity (Wildman–Crippen MR) is 99.0 cm³/mol. The van der Waals surface area contributed by atoms with Crippen molar-refractivity contribution in [1.82, 2.24) is 4.98 Å². The van der Waals surface area contributed by atoms with Gasteiger partial charge in [0.25, 0.3) is 5.91 Å². The van der Waals surface area contributed by atoms with E-state index >= 15 is 0 Å².